The molecule has 0 saturated carbocycles. The summed E-state index contributed by atoms with van der Waals surface area (Å²) in [6.45, 7) is 7.22. The van der Waals surface area contributed by atoms with Crippen molar-refractivity contribution in [3.8, 4) is 21.8 Å². The Morgan fingerprint density at radius 3 is 2.53 bits per heavy atom. The fourth-order valence-corrected chi connectivity index (χ4v) is 6.59. The summed E-state index contributed by atoms with van der Waals surface area (Å²) in [7, 11) is -3.80. The fraction of sp³-hybridized carbons (Fsp3) is 0.233. The van der Waals surface area contributed by atoms with E-state index in [1.54, 1.807) is 48.0 Å². The lowest BCUT2D eigenvalue weighted by Crippen LogP contribution is -2.36. The van der Waals surface area contributed by atoms with Gasteiger partial charge in [0, 0.05) is 48.8 Å². The Bertz CT molecular complexity index is 1810. The maximum atomic E-state index is 12.9. The van der Waals surface area contributed by atoms with E-state index in [2.05, 4.69) is 43.7 Å². The number of nitrogens with one attached hydrogen (secondary N) is 2. The molecule has 1 fully saturated rings. The summed E-state index contributed by atoms with van der Waals surface area (Å²) < 4.78 is 33.9. The monoisotopic (exact) mass is 614 g/mol. The first-order chi connectivity index (χ1) is 20.9. The number of hydrogen-bond acceptors (Lipinski definition) is 11. The standard InChI is InChI=1S/C30H30N8O3S2/c1-20(2)29-36-27(21-5-3-6-22(17-21)37-43(39,40)24-7-4-11-31-19-24)28(42-29)25-10-12-32-30(35-25)34-23-8-9-26(33-18-23)38-13-15-41-16-14-38/h3-12,17-20,37H,13-16H2,1-2H3,(H,32,34,35). The normalized spacial score (nSPS) is 13.7. The Labute approximate surface area is 254 Å². The number of thiazole rings is 1. The molecule has 13 heteroatoms. The molecule has 1 aromatic carbocycles. The van der Waals surface area contributed by atoms with Crippen molar-refractivity contribution in [2.24, 2.45) is 0 Å². The lowest BCUT2D eigenvalue weighted by Gasteiger charge is -2.27. The van der Waals surface area contributed by atoms with E-state index in [-0.39, 0.29) is 10.8 Å². The van der Waals surface area contributed by atoms with Crippen LogP contribution in [0.5, 0.6) is 0 Å². The second-order valence-electron chi connectivity index (χ2n) is 10.2. The predicted molar refractivity (Wildman–Crippen MR) is 168 cm³/mol. The molecular weight excluding hydrogens is 585 g/mol. The maximum absolute atomic E-state index is 12.9. The minimum absolute atomic E-state index is 0.0868. The molecule has 0 unspecified atom stereocenters. The number of morpholine rings is 1. The van der Waals surface area contributed by atoms with Crippen molar-refractivity contribution in [3.05, 3.63) is 84.4 Å². The Morgan fingerprint density at radius 1 is 0.930 bits per heavy atom. The molecule has 0 radical (unpaired) electrons. The zero-order valence-electron chi connectivity index (χ0n) is 23.6. The summed E-state index contributed by atoms with van der Waals surface area (Å²) in [6, 6.07) is 16.1. The quantitative estimate of drug-likeness (QED) is 0.217. The third kappa shape index (κ3) is 6.63. The maximum Gasteiger partial charge on any atom is 0.263 e. The van der Waals surface area contributed by atoms with Crippen molar-refractivity contribution >= 4 is 44.5 Å². The third-order valence-corrected chi connectivity index (χ3v) is 9.44. The van der Waals surface area contributed by atoms with Crippen LogP contribution in [0.4, 0.5) is 23.1 Å². The van der Waals surface area contributed by atoms with E-state index >= 15 is 0 Å². The highest BCUT2D eigenvalue weighted by atomic mass is 32.2. The van der Waals surface area contributed by atoms with Crippen LogP contribution in [0.2, 0.25) is 0 Å². The SMILES string of the molecule is CC(C)c1nc(-c2cccc(NS(=O)(=O)c3cccnc3)c2)c(-c2ccnc(Nc3ccc(N4CCOCC4)nc3)n2)s1. The number of aromatic nitrogens is 5. The Morgan fingerprint density at radius 2 is 1.79 bits per heavy atom. The highest BCUT2D eigenvalue weighted by Crippen LogP contribution is 2.39. The average Bonchev–Trinajstić information content (AvgIpc) is 3.49. The van der Waals surface area contributed by atoms with Crippen LogP contribution in [0.1, 0.15) is 24.8 Å². The summed E-state index contributed by atoms with van der Waals surface area (Å²) in [6.07, 6.45) is 6.32. The van der Waals surface area contributed by atoms with Gasteiger partial charge < -0.3 is 15.0 Å². The van der Waals surface area contributed by atoms with E-state index in [0.717, 1.165) is 45.7 Å². The number of benzene rings is 1. The van der Waals surface area contributed by atoms with Crippen LogP contribution in [-0.4, -0.2) is 59.6 Å². The van der Waals surface area contributed by atoms with E-state index in [1.165, 1.54) is 18.5 Å². The van der Waals surface area contributed by atoms with Crippen molar-refractivity contribution in [2.45, 2.75) is 24.7 Å². The van der Waals surface area contributed by atoms with Crippen LogP contribution in [0.15, 0.2) is 84.3 Å². The lowest BCUT2D eigenvalue weighted by molar-refractivity contribution is 0.122. The molecule has 5 heterocycles. The zero-order valence-corrected chi connectivity index (χ0v) is 25.3. The van der Waals surface area contributed by atoms with Crippen molar-refractivity contribution in [2.75, 3.05) is 41.2 Å². The zero-order chi connectivity index (χ0) is 29.8. The van der Waals surface area contributed by atoms with E-state index in [9.17, 15) is 8.42 Å². The molecule has 1 aliphatic rings. The Balaban J connectivity index is 1.27. The molecular formula is C30H30N8O3S2. The first kappa shape index (κ1) is 28.6. The number of hydrogen-bond donors (Lipinski definition) is 2. The number of ether oxygens (including phenoxy) is 1. The van der Waals surface area contributed by atoms with Crippen LogP contribution < -0.4 is 14.9 Å². The van der Waals surface area contributed by atoms with Gasteiger partial charge in [0.25, 0.3) is 10.0 Å². The van der Waals surface area contributed by atoms with Crippen LogP contribution in [0.3, 0.4) is 0 Å². The molecule has 43 heavy (non-hydrogen) atoms. The van der Waals surface area contributed by atoms with Gasteiger partial charge in [0.05, 0.1) is 46.4 Å². The molecule has 0 spiro atoms. The van der Waals surface area contributed by atoms with Gasteiger partial charge >= 0.3 is 0 Å². The molecule has 2 N–H and O–H groups in total. The molecule has 0 amide bonds. The highest BCUT2D eigenvalue weighted by molar-refractivity contribution is 7.92. The van der Waals surface area contributed by atoms with Gasteiger partial charge in [-0.2, -0.15) is 0 Å². The minimum Gasteiger partial charge on any atom is -0.378 e. The molecule has 6 rings (SSSR count). The van der Waals surface area contributed by atoms with Gasteiger partial charge in [0.15, 0.2) is 0 Å². The van der Waals surface area contributed by atoms with Crippen LogP contribution in [0.25, 0.3) is 21.8 Å². The Hall–Kier alpha value is -4.46. The largest absolute Gasteiger partial charge is 0.378 e. The van der Waals surface area contributed by atoms with Gasteiger partial charge in [-0.05, 0) is 42.5 Å². The number of pyridine rings is 2. The Kier molecular flexibility index (Phi) is 8.27. The first-order valence-corrected chi connectivity index (χ1v) is 16.1. The summed E-state index contributed by atoms with van der Waals surface area (Å²) in [5.41, 5.74) is 3.38. The van der Waals surface area contributed by atoms with Gasteiger partial charge in [-0.25, -0.2) is 28.4 Å². The molecule has 11 nitrogen and oxygen atoms in total. The molecule has 5 aromatic rings. The second kappa shape index (κ2) is 12.4. The molecule has 220 valence electrons. The van der Waals surface area contributed by atoms with Crippen molar-refractivity contribution < 1.29 is 13.2 Å². The smallest absolute Gasteiger partial charge is 0.263 e. The molecule has 1 aliphatic heterocycles. The number of rotatable bonds is 9. The van der Waals surface area contributed by atoms with Gasteiger partial charge in [-0.3, -0.25) is 9.71 Å². The molecule has 4 aromatic heterocycles. The highest BCUT2D eigenvalue weighted by Gasteiger charge is 2.20. The molecule has 0 bridgehead atoms. The van der Waals surface area contributed by atoms with E-state index < -0.39 is 10.0 Å². The van der Waals surface area contributed by atoms with Gasteiger partial charge in [0.1, 0.15) is 10.7 Å². The molecule has 0 aliphatic carbocycles. The predicted octanol–water partition coefficient (Wildman–Crippen LogP) is 5.56. The summed E-state index contributed by atoms with van der Waals surface area (Å²) in [4.78, 5) is 25.8. The van der Waals surface area contributed by atoms with Crippen LogP contribution in [-0.2, 0) is 14.8 Å². The van der Waals surface area contributed by atoms with E-state index in [4.69, 9.17) is 14.7 Å². The summed E-state index contributed by atoms with van der Waals surface area (Å²) >= 11 is 1.56. The van der Waals surface area contributed by atoms with E-state index in [1.807, 2.05) is 24.3 Å². The first-order valence-electron chi connectivity index (χ1n) is 13.8. The van der Waals surface area contributed by atoms with E-state index in [0.29, 0.717) is 30.5 Å². The van der Waals surface area contributed by atoms with Gasteiger partial charge in [-0.15, -0.1) is 11.3 Å². The van der Waals surface area contributed by atoms with Crippen molar-refractivity contribution in [3.63, 3.8) is 0 Å². The summed E-state index contributed by atoms with van der Waals surface area (Å²) in [5.74, 6) is 1.53. The second-order valence-corrected chi connectivity index (χ2v) is 12.9. The number of nitrogens with zero attached hydrogens (tertiary/aromatic N) is 6. The topological polar surface area (TPSA) is 135 Å². The van der Waals surface area contributed by atoms with Crippen molar-refractivity contribution in [1.29, 1.82) is 0 Å². The lowest BCUT2D eigenvalue weighted by atomic mass is 10.1. The van der Waals surface area contributed by atoms with Crippen LogP contribution >= 0.6 is 11.3 Å². The average molecular weight is 615 g/mol. The molecule has 1 saturated heterocycles. The third-order valence-electron chi connectivity index (χ3n) is 6.70. The summed E-state index contributed by atoms with van der Waals surface area (Å²) in [5, 5.41) is 4.20. The molecule has 0 atom stereocenters. The van der Waals surface area contributed by atoms with Crippen molar-refractivity contribution in [1.82, 2.24) is 24.9 Å². The number of sulfonamides is 1. The van der Waals surface area contributed by atoms with Gasteiger partial charge in [-0.1, -0.05) is 26.0 Å². The van der Waals surface area contributed by atoms with Gasteiger partial charge in [0.2, 0.25) is 5.95 Å². The number of anilines is 4. The fourth-order valence-electron chi connectivity index (χ4n) is 4.52. The van der Waals surface area contributed by atoms with Crippen LogP contribution in [0, 0.1) is 0 Å². The minimum atomic E-state index is -3.80.